The fourth-order valence-corrected chi connectivity index (χ4v) is 3.90. The minimum absolute atomic E-state index is 0.0353. The summed E-state index contributed by atoms with van der Waals surface area (Å²) < 4.78 is 22.4. The van der Waals surface area contributed by atoms with Crippen molar-refractivity contribution in [1.29, 1.82) is 0 Å². The van der Waals surface area contributed by atoms with Crippen LogP contribution in [0.5, 0.6) is 17.2 Å². The Labute approximate surface area is 195 Å². The summed E-state index contributed by atoms with van der Waals surface area (Å²) in [5, 5.41) is 0. The molecule has 0 aromatic heterocycles. The average Bonchev–Trinajstić information content (AvgIpc) is 3.34. The Bertz CT molecular complexity index is 938. The van der Waals surface area contributed by atoms with Gasteiger partial charge in [-0.05, 0) is 50.5 Å². The van der Waals surface area contributed by atoms with Crippen molar-refractivity contribution in [3.8, 4) is 17.2 Å². The van der Waals surface area contributed by atoms with E-state index in [1.165, 1.54) is 14.0 Å². The number of methoxy groups -OCH3 is 2. The number of nitrogens with zero attached hydrogens (tertiary/aromatic N) is 1. The first-order chi connectivity index (χ1) is 16.0. The maximum absolute atomic E-state index is 13.1. The van der Waals surface area contributed by atoms with E-state index in [9.17, 15) is 9.59 Å². The SMILES string of the molecule is COc1ccccc1CN(C[C@@H]1CCCO1)C(=O)CCCOc1ccc(C(C)=O)cc1OC. The maximum atomic E-state index is 13.1. The number of ether oxygens (including phenoxy) is 4. The van der Waals surface area contributed by atoms with Crippen molar-refractivity contribution in [2.45, 2.75) is 45.3 Å². The number of rotatable bonds is 12. The van der Waals surface area contributed by atoms with Gasteiger partial charge in [-0.15, -0.1) is 0 Å². The van der Waals surface area contributed by atoms with Gasteiger partial charge in [0.25, 0.3) is 0 Å². The zero-order valence-electron chi connectivity index (χ0n) is 19.7. The number of hydrogen-bond donors (Lipinski definition) is 0. The van der Waals surface area contributed by atoms with Crippen molar-refractivity contribution in [1.82, 2.24) is 4.90 Å². The summed E-state index contributed by atoms with van der Waals surface area (Å²) in [7, 11) is 3.18. The summed E-state index contributed by atoms with van der Waals surface area (Å²) in [6, 6.07) is 12.9. The van der Waals surface area contributed by atoms with Crippen LogP contribution in [0.15, 0.2) is 42.5 Å². The van der Waals surface area contributed by atoms with E-state index in [-0.39, 0.29) is 17.8 Å². The molecule has 7 heteroatoms. The third-order valence-electron chi connectivity index (χ3n) is 5.72. The highest BCUT2D eigenvalue weighted by molar-refractivity contribution is 5.94. The molecule has 0 spiro atoms. The zero-order chi connectivity index (χ0) is 23.6. The van der Waals surface area contributed by atoms with E-state index in [1.807, 2.05) is 29.2 Å². The van der Waals surface area contributed by atoms with Gasteiger partial charge < -0.3 is 23.8 Å². The van der Waals surface area contributed by atoms with Crippen molar-refractivity contribution < 1.29 is 28.5 Å². The molecular weight excluding hydrogens is 422 g/mol. The molecule has 2 aromatic carbocycles. The van der Waals surface area contributed by atoms with Crippen LogP contribution in [0.25, 0.3) is 0 Å². The van der Waals surface area contributed by atoms with Crippen LogP contribution in [0.1, 0.15) is 48.5 Å². The van der Waals surface area contributed by atoms with Crippen LogP contribution in [-0.2, 0) is 16.1 Å². The number of para-hydroxylation sites is 1. The van der Waals surface area contributed by atoms with Crippen LogP contribution >= 0.6 is 0 Å². The summed E-state index contributed by atoms with van der Waals surface area (Å²) in [5.41, 5.74) is 1.54. The highest BCUT2D eigenvalue weighted by atomic mass is 16.5. The Morgan fingerprint density at radius 2 is 1.85 bits per heavy atom. The van der Waals surface area contributed by atoms with Gasteiger partial charge in [-0.3, -0.25) is 9.59 Å². The van der Waals surface area contributed by atoms with Crippen LogP contribution in [0.2, 0.25) is 0 Å². The predicted octanol–water partition coefficient (Wildman–Crippen LogP) is 4.27. The first kappa shape index (κ1) is 24.6. The van der Waals surface area contributed by atoms with Gasteiger partial charge in [0.2, 0.25) is 5.91 Å². The number of ketones is 1. The van der Waals surface area contributed by atoms with E-state index in [1.54, 1.807) is 25.3 Å². The van der Waals surface area contributed by atoms with Crippen LogP contribution in [0, 0.1) is 0 Å². The molecule has 2 aromatic rings. The lowest BCUT2D eigenvalue weighted by Crippen LogP contribution is -2.37. The van der Waals surface area contributed by atoms with Crippen molar-refractivity contribution in [2.75, 3.05) is 34.0 Å². The molecule has 1 aliphatic rings. The Hall–Kier alpha value is -3.06. The minimum Gasteiger partial charge on any atom is -0.496 e. The molecule has 0 saturated carbocycles. The van der Waals surface area contributed by atoms with E-state index in [2.05, 4.69) is 0 Å². The van der Waals surface area contributed by atoms with E-state index >= 15 is 0 Å². The average molecular weight is 456 g/mol. The Morgan fingerprint density at radius 3 is 2.55 bits per heavy atom. The topological polar surface area (TPSA) is 74.3 Å². The fourth-order valence-electron chi connectivity index (χ4n) is 3.90. The van der Waals surface area contributed by atoms with E-state index < -0.39 is 0 Å². The highest BCUT2D eigenvalue weighted by Crippen LogP contribution is 2.28. The second-order valence-corrected chi connectivity index (χ2v) is 8.09. The molecule has 3 rings (SSSR count). The lowest BCUT2D eigenvalue weighted by molar-refractivity contribution is -0.133. The molecule has 0 unspecified atom stereocenters. The summed E-state index contributed by atoms with van der Waals surface area (Å²) >= 11 is 0. The van der Waals surface area contributed by atoms with Crippen LogP contribution in [0.4, 0.5) is 0 Å². The smallest absolute Gasteiger partial charge is 0.223 e. The monoisotopic (exact) mass is 455 g/mol. The fraction of sp³-hybridized carbons (Fsp3) is 0.462. The first-order valence-electron chi connectivity index (χ1n) is 11.3. The second kappa shape index (κ2) is 12.3. The molecule has 1 saturated heterocycles. The van der Waals surface area contributed by atoms with E-state index in [0.717, 1.165) is 30.8 Å². The molecule has 1 fully saturated rings. The number of carbonyl (C=O) groups is 2. The minimum atomic E-state index is -0.0353. The van der Waals surface area contributed by atoms with Gasteiger partial charge in [-0.1, -0.05) is 18.2 Å². The molecule has 1 amide bonds. The van der Waals surface area contributed by atoms with Gasteiger partial charge in [-0.2, -0.15) is 0 Å². The summed E-state index contributed by atoms with van der Waals surface area (Å²) in [6.07, 6.45) is 2.98. The molecule has 0 bridgehead atoms. The zero-order valence-corrected chi connectivity index (χ0v) is 19.7. The third-order valence-corrected chi connectivity index (χ3v) is 5.72. The highest BCUT2D eigenvalue weighted by Gasteiger charge is 2.23. The molecule has 7 nitrogen and oxygen atoms in total. The molecule has 178 valence electrons. The van der Waals surface area contributed by atoms with Crippen LogP contribution in [-0.4, -0.2) is 56.7 Å². The number of Topliss-reactive ketones (excluding diaryl/α,β-unsaturated/α-hetero) is 1. The first-order valence-corrected chi connectivity index (χ1v) is 11.3. The van der Waals surface area contributed by atoms with Crippen molar-refractivity contribution in [3.63, 3.8) is 0 Å². The molecule has 0 aliphatic carbocycles. The van der Waals surface area contributed by atoms with Gasteiger partial charge >= 0.3 is 0 Å². The molecule has 0 N–H and O–H groups in total. The maximum Gasteiger partial charge on any atom is 0.223 e. The van der Waals surface area contributed by atoms with Crippen LogP contribution in [0.3, 0.4) is 0 Å². The molecule has 1 atom stereocenters. The van der Waals surface area contributed by atoms with E-state index in [0.29, 0.717) is 49.6 Å². The molecular formula is C26H33NO6. The summed E-state index contributed by atoms with van der Waals surface area (Å²) in [6.45, 7) is 3.67. The lowest BCUT2D eigenvalue weighted by atomic mass is 10.1. The molecule has 1 aliphatic heterocycles. The number of amides is 1. The van der Waals surface area contributed by atoms with Crippen molar-refractivity contribution in [3.05, 3.63) is 53.6 Å². The van der Waals surface area contributed by atoms with Gasteiger partial charge in [0.05, 0.1) is 26.9 Å². The number of hydrogen-bond acceptors (Lipinski definition) is 6. The Balaban J connectivity index is 1.58. The number of benzene rings is 2. The summed E-state index contributed by atoms with van der Waals surface area (Å²) in [5.74, 6) is 1.85. The van der Waals surface area contributed by atoms with Crippen molar-refractivity contribution >= 4 is 11.7 Å². The summed E-state index contributed by atoms with van der Waals surface area (Å²) in [4.78, 5) is 26.5. The molecule has 0 radical (unpaired) electrons. The second-order valence-electron chi connectivity index (χ2n) is 8.09. The predicted molar refractivity (Wildman–Crippen MR) is 125 cm³/mol. The largest absolute Gasteiger partial charge is 0.496 e. The lowest BCUT2D eigenvalue weighted by Gasteiger charge is -2.26. The van der Waals surface area contributed by atoms with Gasteiger partial charge in [-0.25, -0.2) is 0 Å². The van der Waals surface area contributed by atoms with E-state index in [4.69, 9.17) is 18.9 Å². The third kappa shape index (κ3) is 6.96. The molecule has 1 heterocycles. The van der Waals surface area contributed by atoms with Crippen LogP contribution < -0.4 is 14.2 Å². The van der Waals surface area contributed by atoms with Gasteiger partial charge in [0, 0.05) is 37.2 Å². The van der Waals surface area contributed by atoms with Crippen molar-refractivity contribution in [2.24, 2.45) is 0 Å². The molecule has 33 heavy (non-hydrogen) atoms. The standard InChI is InChI=1S/C26H33NO6/c1-19(28)20-12-13-24(25(16-20)31-3)33-15-7-11-26(29)27(18-22-9-6-14-32-22)17-21-8-4-5-10-23(21)30-2/h4-5,8,10,12-13,16,22H,6-7,9,11,14-15,17-18H2,1-3H3/t22-/m0/s1. The van der Waals surface area contributed by atoms with Gasteiger partial charge in [0.1, 0.15) is 5.75 Å². The van der Waals surface area contributed by atoms with Gasteiger partial charge in [0.15, 0.2) is 17.3 Å². The number of carbonyl (C=O) groups excluding carboxylic acids is 2. The Morgan fingerprint density at radius 1 is 1.06 bits per heavy atom. The Kier molecular flexibility index (Phi) is 9.13. The quantitative estimate of drug-likeness (QED) is 0.351. The normalized spacial score (nSPS) is 15.2.